The molecule has 0 aromatic heterocycles. The van der Waals surface area contributed by atoms with Gasteiger partial charge in [0.1, 0.15) is 0 Å². The summed E-state index contributed by atoms with van der Waals surface area (Å²) in [6.45, 7) is 6.52. The smallest absolute Gasteiger partial charge is 0.0955 e. The van der Waals surface area contributed by atoms with Crippen molar-refractivity contribution >= 4 is 5.84 Å². The van der Waals surface area contributed by atoms with Crippen LogP contribution < -0.4 is 0 Å². The highest BCUT2D eigenvalue weighted by Gasteiger charge is 2.25. The van der Waals surface area contributed by atoms with E-state index >= 15 is 0 Å². The Morgan fingerprint density at radius 1 is 1.50 bits per heavy atom. The Morgan fingerprint density at radius 3 is 2.50 bits per heavy atom. The normalized spacial score (nSPS) is 18.8. The quantitative estimate of drug-likeness (QED) is 0.459. The molecule has 1 saturated heterocycles. The summed E-state index contributed by atoms with van der Waals surface area (Å²) in [6.07, 6.45) is 2.16. The lowest BCUT2D eigenvalue weighted by Gasteiger charge is -2.40. The third-order valence-corrected chi connectivity index (χ3v) is 2.25. The Bertz CT molecular complexity index is 125. The highest BCUT2D eigenvalue weighted by Crippen LogP contribution is 2.18. The van der Waals surface area contributed by atoms with Gasteiger partial charge in [-0.3, -0.25) is 5.41 Å². The molecule has 0 spiro atoms. The Balaban J connectivity index is 2.19. The summed E-state index contributed by atoms with van der Waals surface area (Å²) < 4.78 is 0. The fourth-order valence-corrected chi connectivity index (χ4v) is 1.27. The minimum atomic E-state index is 0.810. The van der Waals surface area contributed by atoms with Crippen molar-refractivity contribution in [2.75, 3.05) is 13.1 Å². The third kappa shape index (κ3) is 1.31. The van der Waals surface area contributed by atoms with Crippen LogP contribution in [0.4, 0.5) is 0 Å². The fourth-order valence-electron chi connectivity index (χ4n) is 1.27. The van der Waals surface area contributed by atoms with Gasteiger partial charge in [-0.05, 0) is 12.3 Å². The zero-order chi connectivity index (χ0) is 7.56. The van der Waals surface area contributed by atoms with E-state index in [1.54, 1.807) is 0 Å². The molecule has 0 saturated carbocycles. The number of rotatable bonds is 2. The summed E-state index contributed by atoms with van der Waals surface area (Å²) in [6, 6.07) is 0. The van der Waals surface area contributed by atoms with Crippen LogP contribution in [0, 0.1) is 11.3 Å². The molecule has 0 amide bonds. The van der Waals surface area contributed by atoms with E-state index in [2.05, 4.69) is 11.8 Å². The van der Waals surface area contributed by atoms with Crippen LogP contribution in [0.15, 0.2) is 0 Å². The second kappa shape index (κ2) is 3.04. The van der Waals surface area contributed by atoms with Crippen molar-refractivity contribution < 1.29 is 0 Å². The molecule has 10 heavy (non-hydrogen) atoms. The summed E-state index contributed by atoms with van der Waals surface area (Å²) in [7, 11) is 0. The van der Waals surface area contributed by atoms with Gasteiger partial charge in [0, 0.05) is 19.5 Å². The Morgan fingerprint density at radius 2 is 2.10 bits per heavy atom. The first-order chi connectivity index (χ1) is 4.77. The molecule has 0 aromatic carbocycles. The summed E-state index contributed by atoms with van der Waals surface area (Å²) in [5, 5.41) is 7.49. The van der Waals surface area contributed by atoms with E-state index in [1.807, 2.05) is 6.92 Å². The highest BCUT2D eigenvalue weighted by molar-refractivity contribution is 5.79. The van der Waals surface area contributed by atoms with Gasteiger partial charge in [0.25, 0.3) is 0 Å². The minimum Gasteiger partial charge on any atom is -0.360 e. The number of nitrogens with zero attached hydrogens (tertiary/aromatic N) is 1. The molecule has 2 nitrogen and oxygen atoms in total. The molecular weight excluding hydrogens is 124 g/mol. The maximum Gasteiger partial charge on any atom is 0.0955 e. The molecule has 1 heterocycles. The van der Waals surface area contributed by atoms with Gasteiger partial charge in [0.15, 0.2) is 0 Å². The molecule has 2 heteroatoms. The molecular formula is C8H16N2. The average molecular weight is 140 g/mol. The Kier molecular flexibility index (Phi) is 2.30. The highest BCUT2D eigenvalue weighted by atomic mass is 15.2. The van der Waals surface area contributed by atoms with E-state index in [9.17, 15) is 0 Å². The molecule has 0 aromatic rings. The van der Waals surface area contributed by atoms with Gasteiger partial charge in [0.05, 0.1) is 5.84 Å². The van der Waals surface area contributed by atoms with Crippen LogP contribution in [-0.4, -0.2) is 23.8 Å². The molecule has 58 valence electrons. The molecule has 1 N–H and O–H groups in total. The Labute approximate surface area is 62.7 Å². The zero-order valence-corrected chi connectivity index (χ0v) is 6.85. The first-order valence-electron chi connectivity index (χ1n) is 4.10. The molecule has 1 aliphatic rings. The van der Waals surface area contributed by atoms with Gasteiger partial charge < -0.3 is 4.90 Å². The molecule has 1 fully saturated rings. The number of hydrogen-bond donors (Lipinski definition) is 1. The van der Waals surface area contributed by atoms with Gasteiger partial charge in [-0.15, -0.1) is 0 Å². The number of amidine groups is 1. The monoisotopic (exact) mass is 140 g/mol. The van der Waals surface area contributed by atoms with Crippen LogP contribution in [0.2, 0.25) is 0 Å². The first-order valence-corrected chi connectivity index (χ1v) is 4.10. The predicted octanol–water partition coefficient (Wildman–Crippen LogP) is 1.72. The second-order valence-corrected chi connectivity index (χ2v) is 2.98. The molecule has 0 radical (unpaired) electrons. The van der Waals surface area contributed by atoms with Crippen molar-refractivity contribution in [3.8, 4) is 0 Å². The van der Waals surface area contributed by atoms with E-state index in [4.69, 9.17) is 5.41 Å². The Hall–Kier alpha value is -0.530. The molecule has 0 bridgehead atoms. The van der Waals surface area contributed by atoms with Crippen LogP contribution in [0.25, 0.3) is 0 Å². The first kappa shape index (κ1) is 7.58. The topological polar surface area (TPSA) is 27.1 Å². The van der Waals surface area contributed by atoms with E-state index in [0.29, 0.717) is 0 Å². The van der Waals surface area contributed by atoms with Crippen molar-refractivity contribution in [2.24, 2.45) is 5.92 Å². The van der Waals surface area contributed by atoms with E-state index in [1.165, 1.54) is 6.42 Å². The minimum absolute atomic E-state index is 0.810. The maximum absolute atomic E-state index is 7.49. The van der Waals surface area contributed by atoms with Crippen LogP contribution >= 0.6 is 0 Å². The molecule has 1 rings (SSSR count). The van der Waals surface area contributed by atoms with Crippen LogP contribution in [-0.2, 0) is 0 Å². The average Bonchev–Trinajstić information content (AvgIpc) is 1.85. The SMILES string of the molecule is CCC(=N)N1CC(CC)C1. The van der Waals surface area contributed by atoms with E-state index in [-0.39, 0.29) is 0 Å². The molecule has 0 unspecified atom stereocenters. The van der Waals surface area contributed by atoms with Gasteiger partial charge in [-0.25, -0.2) is 0 Å². The largest absolute Gasteiger partial charge is 0.360 e. The van der Waals surface area contributed by atoms with Crippen molar-refractivity contribution in [1.29, 1.82) is 5.41 Å². The summed E-state index contributed by atoms with van der Waals surface area (Å²) in [4.78, 5) is 2.16. The zero-order valence-electron chi connectivity index (χ0n) is 6.85. The molecule has 1 aliphatic heterocycles. The standard InChI is InChI=1S/C8H16N2/c1-3-7-5-10(6-7)8(9)4-2/h7,9H,3-6H2,1-2H3. The summed E-state index contributed by atoms with van der Waals surface area (Å²) >= 11 is 0. The lowest BCUT2D eigenvalue weighted by molar-refractivity contribution is 0.179. The molecule has 0 aliphatic carbocycles. The molecule has 0 atom stereocenters. The van der Waals surface area contributed by atoms with Crippen LogP contribution in [0.3, 0.4) is 0 Å². The van der Waals surface area contributed by atoms with Crippen molar-refractivity contribution in [3.05, 3.63) is 0 Å². The maximum atomic E-state index is 7.49. The number of likely N-dealkylation sites (tertiary alicyclic amines) is 1. The lowest BCUT2D eigenvalue weighted by Crippen LogP contribution is -2.49. The van der Waals surface area contributed by atoms with Gasteiger partial charge in [0.2, 0.25) is 0 Å². The number of hydrogen-bond acceptors (Lipinski definition) is 1. The van der Waals surface area contributed by atoms with Gasteiger partial charge in [-0.1, -0.05) is 13.8 Å². The lowest BCUT2D eigenvalue weighted by atomic mass is 9.97. The fraction of sp³-hybridized carbons (Fsp3) is 0.875. The third-order valence-electron chi connectivity index (χ3n) is 2.25. The van der Waals surface area contributed by atoms with Crippen molar-refractivity contribution in [1.82, 2.24) is 4.90 Å². The predicted molar refractivity (Wildman–Crippen MR) is 43.4 cm³/mol. The summed E-state index contributed by atoms with van der Waals surface area (Å²) in [5.41, 5.74) is 0. The van der Waals surface area contributed by atoms with Gasteiger partial charge >= 0.3 is 0 Å². The van der Waals surface area contributed by atoms with Crippen molar-refractivity contribution in [3.63, 3.8) is 0 Å². The van der Waals surface area contributed by atoms with Crippen LogP contribution in [0.5, 0.6) is 0 Å². The van der Waals surface area contributed by atoms with Gasteiger partial charge in [-0.2, -0.15) is 0 Å². The van der Waals surface area contributed by atoms with Crippen molar-refractivity contribution in [2.45, 2.75) is 26.7 Å². The van der Waals surface area contributed by atoms with E-state index in [0.717, 1.165) is 31.3 Å². The number of nitrogens with one attached hydrogen (secondary N) is 1. The van der Waals surface area contributed by atoms with Crippen LogP contribution in [0.1, 0.15) is 26.7 Å². The summed E-state index contributed by atoms with van der Waals surface area (Å²) in [5.74, 6) is 1.68. The second-order valence-electron chi connectivity index (χ2n) is 2.98. The van der Waals surface area contributed by atoms with E-state index < -0.39 is 0 Å².